The van der Waals surface area contributed by atoms with Gasteiger partial charge in [-0.3, -0.25) is 9.59 Å². The summed E-state index contributed by atoms with van der Waals surface area (Å²) in [7, 11) is -2.66. The van der Waals surface area contributed by atoms with E-state index in [-0.39, 0.29) is 17.0 Å². The molecular weight excluding hydrogens is 571 g/mol. The number of hydrogen-bond acceptors (Lipinski definition) is 5. The zero-order chi connectivity index (χ0) is 30.7. The second-order valence-corrected chi connectivity index (χ2v) is 11.7. The molecule has 1 atom stereocenters. The quantitative estimate of drug-likeness (QED) is 0.252. The Kier molecular flexibility index (Phi) is 8.95. The molecule has 0 bridgehead atoms. The Balaban J connectivity index is 1.51. The summed E-state index contributed by atoms with van der Waals surface area (Å²) >= 11 is 0. The van der Waals surface area contributed by atoms with Crippen molar-refractivity contribution in [2.45, 2.75) is 37.9 Å². The predicted molar refractivity (Wildman–Crippen MR) is 152 cm³/mol. The number of sulfonamides is 1. The van der Waals surface area contributed by atoms with Crippen molar-refractivity contribution in [3.05, 3.63) is 95.2 Å². The number of ether oxygens (including phenoxy) is 1. The average molecular weight is 602 g/mol. The number of methoxy groups -OCH3 is 1. The number of halogens is 3. The molecule has 1 heterocycles. The van der Waals surface area contributed by atoms with Gasteiger partial charge >= 0.3 is 6.18 Å². The van der Waals surface area contributed by atoms with Gasteiger partial charge in [-0.25, -0.2) is 13.1 Å². The number of fused-ring (bicyclic) bond motifs is 1. The van der Waals surface area contributed by atoms with E-state index in [1.54, 1.807) is 49.4 Å². The zero-order valence-electron chi connectivity index (χ0n) is 23.2. The van der Waals surface area contributed by atoms with Gasteiger partial charge in [0.15, 0.2) is 0 Å². The predicted octanol–water partition coefficient (Wildman–Crippen LogP) is 5.44. The van der Waals surface area contributed by atoms with Crippen LogP contribution in [0.3, 0.4) is 0 Å². The van der Waals surface area contributed by atoms with Crippen LogP contribution in [0, 0.1) is 12.8 Å². The van der Waals surface area contributed by atoms with E-state index in [0.717, 1.165) is 5.39 Å². The van der Waals surface area contributed by atoms with Gasteiger partial charge in [0.25, 0.3) is 21.8 Å². The molecule has 8 nitrogen and oxygen atoms in total. The zero-order valence-corrected chi connectivity index (χ0v) is 24.0. The van der Waals surface area contributed by atoms with E-state index in [2.05, 4.69) is 10.0 Å². The molecule has 0 aliphatic rings. The van der Waals surface area contributed by atoms with Gasteiger partial charge in [-0.2, -0.15) is 13.2 Å². The molecule has 0 saturated carbocycles. The molecule has 0 spiro atoms. The number of carbonyl (C=O) groups is 2. The molecule has 4 aromatic rings. The minimum Gasteiger partial charge on any atom is -0.496 e. The van der Waals surface area contributed by atoms with Crippen molar-refractivity contribution in [3.8, 4) is 5.75 Å². The third kappa shape index (κ3) is 7.30. The number of nitrogens with one attached hydrogen (secondary N) is 2. The highest BCUT2D eigenvalue weighted by Crippen LogP contribution is 2.26. The molecule has 2 N–H and O–H groups in total. The van der Waals surface area contributed by atoms with Crippen LogP contribution >= 0.6 is 0 Å². The molecule has 222 valence electrons. The van der Waals surface area contributed by atoms with E-state index in [9.17, 15) is 31.2 Å². The summed E-state index contributed by atoms with van der Waals surface area (Å²) in [6, 6.07) is 17.8. The summed E-state index contributed by atoms with van der Waals surface area (Å²) in [6.45, 7) is 3.24. The molecule has 1 aromatic heterocycles. The molecule has 0 saturated heterocycles. The fourth-order valence-corrected chi connectivity index (χ4v) is 5.81. The summed E-state index contributed by atoms with van der Waals surface area (Å²) in [6.07, 6.45) is -3.47. The molecule has 4 rings (SSSR count). The van der Waals surface area contributed by atoms with Crippen LogP contribution in [-0.4, -0.2) is 44.6 Å². The van der Waals surface area contributed by atoms with Gasteiger partial charge in [0.05, 0.1) is 18.6 Å². The van der Waals surface area contributed by atoms with Crippen LogP contribution in [0.2, 0.25) is 0 Å². The minimum atomic E-state index is -4.30. The molecule has 0 radical (unpaired) electrons. The standard InChI is InChI=1S/C30H30F3N3O5S/c1-19(16-30(31,32)33)17-34-28(37)22-9-8-21-12-13-36(25(21)14-22)18-24-11-10-23(15-26(24)41-3)29(38)35-42(39,40)27-7-5-4-6-20(27)2/h4-15,19H,16-18H2,1-3H3,(H,34,37)(H,35,38)/t19-/m1/s1. The lowest BCUT2D eigenvalue weighted by Crippen LogP contribution is -2.31. The second kappa shape index (κ2) is 12.3. The summed E-state index contributed by atoms with van der Waals surface area (Å²) in [5, 5.41) is 3.40. The maximum absolute atomic E-state index is 12.8. The Morgan fingerprint density at radius 3 is 2.36 bits per heavy atom. The van der Waals surface area contributed by atoms with Crippen LogP contribution in [0.4, 0.5) is 13.2 Å². The van der Waals surface area contributed by atoms with Crippen LogP contribution < -0.4 is 14.8 Å². The van der Waals surface area contributed by atoms with Gasteiger partial charge in [0.2, 0.25) is 0 Å². The topological polar surface area (TPSA) is 106 Å². The van der Waals surface area contributed by atoms with Gasteiger partial charge in [-0.05, 0) is 60.2 Å². The highest BCUT2D eigenvalue weighted by atomic mass is 32.2. The molecule has 0 fully saturated rings. The number of carbonyl (C=O) groups excluding carboxylic acids is 2. The van der Waals surface area contributed by atoms with Crippen LogP contribution in [-0.2, 0) is 16.6 Å². The Morgan fingerprint density at radius 2 is 1.67 bits per heavy atom. The number of alkyl halides is 3. The van der Waals surface area contributed by atoms with Crippen molar-refractivity contribution in [2.75, 3.05) is 13.7 Å². The Hall–Kier alpha value is -4.32. The number of amides is 2. The van der Waals surface area contributed by atoms with Crippen LogP contribution in [0.5, 0.6) is 5.75 Å². The van der Waals surface area contributed by atoms with Crippen LogP contribution in [0.15, 0.2) is 77.8 Å². The highest BCUT2D eigenvalue weighted by Gasteiger charge is 2.30. The smallest absolute Gasteiger partial charge is 0.389 e. The van der Waals surface area contributed by atoms with E-state index in [1.165, 1.54) is 32.2 Å². The molecule has 2 amide bonds. The third-order valence-corrected chi connectivity index (χ3v) is 8.22. The van der Waals surface area contributed by atoms with Crippen molar-refractivity contribution in [1.29, 1.82) is 0 Å². The van der Waals surface area contributed by atoms with Crippen LogP contribution in [0.25, 0.3) is 10.9 Å². The van der Waals surface area contributed by atoms with Crippen molar-refractivity contribution >= 4 is 32.7 Å². The lowest BCUT2D eigenvalue weighted by molar-refractivity contribution is -0.142. The second-order valence-electron chi connectivity index (χ2n) is 10.1. The van der Waals surface area contributed by atoms with Gasteiger partial charge in [-0.15, -0.1) is 0 Å². The van der Waals surface area contributed by atoms with E-state index < -0.39 is 40.4 Å². The first-order chi connectivity index (χ1) is 19.8. The molecule has 3 aromatic carbocycles. The largest absolute Gasteiger partial charge is 0.496 e. The van der Waals surface area contributed by atoms with E-state index in [4.69, 9.17) is 4.74 Å². The molecule has 12 heteroatoms. The monoisotopic (exact) mass is 601 g/mol. The Labute approximate surface area is 241 Å². The molecule has 0 aliphatic carbocycles. The maximum Gasteiger partial charge on any atom is 0.389 e. The van der Waals surface area contributed by atoms with Crippen molar-refractivity contribution in [2.24, 2.45) is 5.92 Å². The SMILES string of the molecule is COc1cc(C(=O)NS(=O)(=O)c2ccccc2C)ccc1Cn1ccc2ccc(C(=O)NC[C@H](C)CC(F)(F)F)cc21. The van der Waals surface area contributed by atoms with Crippen molar-refractivity contribution in [1.82, 2.24) is 14.6 Å². The Bertz CT molecular complexity index is 1730. The number of rotatable bonds is 10. The summed E-state index contributed by atoms with van der Waals surface area (Å²) < 4.78 is 72.8. The van der Waals surface area contributed by atoms with E-state index in [0.29, 0.717) is 34.5 Å². The number of benzene rings is 3. The fourth-order valence-electron chi connectivity index (χ4n) is 4.59. The van der Waals surface area contributed by atoms with Crippen LogP contribution in [0.1, 0.15) is 45.2 Å². The first kappa shape index (κ1) is 30.6. The average Bonchev–Trinajstić information content (AvgIpc) is 3.32. The third-order valence-electron chi connectivity index (χ3n) is 6.73. The van der Waals surface area contributed by atoms with E-state index >= 15 is 0 Å². The van der Waals surface area contributed by atoms with Crippen molar-refractivity contribution in [3.63, 3.8) is 0 Å². The molecule has 42 heavy (non-hydrogen) atoms. The normalized spacial score (nSPS) is 12.6. The summed E-state index contributed by atoms with van der Waals surface area (Å²) in [5.74, 6) is -1.70. The number of nitrogens with zero attached hydrogens (tertiary/aromatic N) is 1. The molecular formula is C30H30F3N3O5S. The number of hydrogen-bond donors (Lipinski definition) is 2. The Morgan fingerprint density at radius 1 is 0.976 bits per heavy atom. The minimum absolute atomic E-state index is 0.00490. The number of aromatic nitrogens is 1. The number of aryl methyl sites for hydroxylation is 1. The lowest BCUT2D eigenvalue weighted by Gasteiger charge is -2.15. The summed E-state index contributed by atoms with van der Waals surface area (Å²) in [4.78, 5) is 25.5. The van der Waals surface area contributed by atoms with Gasteiger partial charge in [-0.1, -0.05) is 37.3 Å². The highest BCUT2D eigenvalue weighted by molar-refractivity contribution is 7.90. The first-order valence-electron chi connectivity index (χ1n) is 13.0. The van der Waals surface area contributed by atoms with Gasteiger partial charge in [0, 0.05) is 41.4 Å². The lowest BCUT2D eigenvalue weighted by atomic mass is 10.1. The van der Waals surface area contributed by atoms with Gasteiger partial charge in [0.1, 0.15) is 5.75 Å². The van der Waals surface area contributed by atoms with E-state index in [1.807, 2.05) is 16.8 Å². The molecule has 0 unspecified atom stereocenters. The summed E-state index contributed by atoms with van der Waals surface area (Å²) in [5.41, 5.74) is 2.28. The fraction of sp³-hybridized carbons (Fsp3) is 0.267. The maximum atomic E-state index is 12.8. The van der Waals surface area contributed by atoms with Crippen molar-refractivity contribution < 1.29 is 35.9 Å². The first-order valence-corrected chi connectivity index (χ1v) is 14.5. The van der Waals surface area contributed by atoms with Gasteiger partial charge < -0.3 is 14.6 Å². The molecule has 0 aliphatic heterocycles.